The van der Waals surface area contributed by atoms with E-state index >= 15 is 0 Å². The van der Waals surface area contributed by atoms with Crippen molar-refractivity contribution in [3.05, 3.63) is 17.8 Å². The molecule has 0 atom stereocenters. The van der Waals surface area contributed by atoms with E-state index in [0.717, 1.165) is 18.1 Å². The lowest BCUT2D eigenvalue weighted by Crippen LogP contribution is -2.26. The van der Waals surface area contributed by atoms with Crippen LogP contribution in [0.3, 0.4) is 0 Å². The van der Waals surface area contributed by atoms with Gasteiger partial charge in [-0.15, -0.1) is 5.10 Å². The number of aromatic nitrogens is 2. The van der Waals surface area contributed by atoms with Gasteiger partial charge in [0.15, 0.2) is 5.82 Å². The molecular weight excluding hydrogens is 176 g/mol. The quantitative estimate of drug-likeness (QED) is 0.764. The van der Waals surface area contributed by atoms with E-state index in [1.54, 1.807) is 0 Å². The summed E-state index contributed by atoms with van der Waals surface area (Å²) in [5.74, 6) is 1.58. The Labute approximate surface area is 84.1 Å². The maximum Gasteiger partial charge on any atom is 0.151 e. The van der Waals surface area contributed by atoms with Gasteiger partial charge in [-0.1, -0.05) is 0 Å². The summed E-state index contributed by atoms with van der Waals surface area (Å²) in [6, 6.07) is 4.10. The summed E-state index contributed by atoms with van der Waals surface area (Å²) in [7, 11) is 1.98. The molecule has 1 heterocycles. The first-order chi connectivity index (χ1) is 6.81. The van der Waals surface area contributed by atoms with Gasteiger partial charge in [0.2, 0.25) is 0 Å². The van der Waals surface area contributed by atoms with E-state index in [1.807, 2.05) is 18.0 Å². The number of hydrogen-bond donors (Lipinski definition) is 1. The molecule has 1 aromatic rings. The molecule has 4 nitrogen and oxygen atoms in total. The molecule has 0 saturated heterocycles. The minimum Gasteiger partial charge on any atom is -0.357 e. The first kappa shape index (κ1) is 9.40. The van der Waals surface area contributed by atoms with Crippen LogP contribution in [-0.2, 0) is 0 Å². The van der Waals surface area contributed by atoms with Gasteiger partial charge in [0.1, 0.15) is 0 Å². The average molecular weight is 192 g/mol. The van der Waals surface area contributed by atoms with Gasteiger partial charge in [0.05, 0.1) is 5.69 Å². The third kappa shape index (κ3) is 2.01. The van der Waals surface area contributed by atoms with Crippen LogP contribution in [0.1, 0.15) is 24.5 Å². The van der Waals surface area contributed by atoms with E-state index < -0.39 is 0 Å². The van der Waals surface area contributed by atoms with Crippen LogP contribution in [0, 0.1) is 0 Å². The number of likely N-dealkylation sites (N-methyl/N-ethyl adjacent to an activating group) is 1. The lowest BCUT2D eigenvalue weighted by atomic mass is 10.3. The molecule has 1 aromatic heterocycles. The second-order valence-corrected chi connectivity index (χ2v) is 3.80. The largest absolute Gasteiger partial charge is 0.357 e. The van der Waals surface area contributed by atoms with Crippen LogP contribution in [-0.4, -0.2) is 30.3 Å². The highest BCUT2D eigenvalue weighted by molar-refractivity contribution is 5.36. The summed E-state index contributed by atoms with van der Waals surface area (Å²) in [6.45, 7) is 1.46. The minimum absolute atomic E-state index is 0.641. The molecular formula is C10H16N4. The molecule has 1 saturated carbocycles. The maximum absolute atomic E-state index is 5.47. The van der Waals surface area contributed by atoms with Gasteiger partial charge < -0.3 is 10.6 Å². The van der Waals surface area contributed by atoms with E-state index in [0.29, 0.717) is 12.5 Å². The highest BCUT2D eigenvalue weighted by atomic mass is 15.2. The Bertz CT molecular complexity index is 291. The third-order valence-electron chi connectivity index (χ3n) is 2.52. The molecule has 0 radical (unpaired) electrons. The van der Waals surface area contributed by atoms with Crippen molar-refractivity contribution in [2.75, 3.05) is 25.0 Å². The van der Waals surface area contributed by atoms with E-state index in [2.05, 4.69) is 16.3 Å². The van der Waals surface area contributed by atoms with Crippen LogP contribution in [0.2, 0.25) is 0 Å². The van der Waals surface area contributed by atoms with Crippen LogP contribution in [0.15, 0.2) is 12.1 Å². The van der Waals surface area contributed by atoms with Crippen LogP contribution in [0.5, 0.6) is 0 Å². The van der Waals surface area contributed by atoms with Crippen molar-refractivity contribution in [1.29, 1.82) is 0 Å². The lowest BCUT2D eigenvalue weighted by Gasteiger charge is -2.15. The summed E-state index contributed by atoms with van der Waals surface area (Å²) in [4.78, 5) is 2.02. The van der Waals surface area contributed by atoms with Gasteiger partial charge in [-0.25, -0.2) is 0 Å². The summed E-state index contributed by atoms with van der Waals surface area (Å²) < 4.78 is 0. The second-order valence-electron chi connectivity index (χ2n) is 3.80. The smallest absolute Gasteiger partial charge is 0.151 e. The molecule has 2 rings (SSSR count). The molecule has 1 aliphatic rings. The number of nitrogens with two attached hydrogens (primary N) is 1. The molecule has 1 aliphatic carbocycles. The minimum atomic E-state index is 0.641. The Hall–Kier alpha value is -1.16. The fourth-order valence-electron chi connectivity index (χ4n) is 1.44. The van der Waals surface area contributed by atoms with E-state index in [4.69, 9.17) is 5.73 Å². The first-order valence-electron chi connectivity index (χ1n) is 5.06. The molecule has 0 unspecified atom stereocenters. The van der Waals surface area contributed by atoms with Crippen LogP contribution in [0.25, 0.3) is 0 Å². The van der Waals surface area contributed by atoms with E-state index in [-0.39, 0.29) is 0 Å². The monoisotopic (exact) mass is 192 g/mol. The SMILES string of the molecule is CN(CCN)c1ccc(C2CC2)nn1. The van der Waals surface area contributed by atoms with E-state index in [9.17, 15) is 0 Å². The molecule has 2 N–H and O–H groups in total. The number of anilines is 1. The summed E-state index contributed by atoms with van der Waals surface area (Å²) in [5, 5.41) is 8.39. The zero-order valence-electron chi connectivity index (χ0n) is 8.48. The molecule has 76 valence electrons. The number of rotatable bonds is 4. The summed E-state index contributed by atoms with van der Waals surface area (Å²) >= 11 is 0. The number of nitrogens with zero attached hydrogens (tertiary/aromatic N) is 3. The highest BCUT2D eigenvalue weighted by Gasteiger charge is 2.25. The van der Waals surface area contributed by atoms with Crippen molar-refractivity contribution < 1.29 is 0 Å². The highest BCUT2D eigenvalue weighted by Crippen LogP contribution is 2.38. The zero-order valence-corrected chi connectivity index (χ0v) is 8.48. The van der Waals surface area contributed by atoms with Crippen molar-refractivity contribution in [3.63, 3.8) is 0 Å². The predicted octanol–water partition coefficient (Wildman–Crippen LogP) is 0.749. The Morgan fingerprint density at radius 2 is 2.21 bits per heavy atom. The molecule has 0 aliphatic heterocycles. The summed E-state index contributed by atoms with van der Waals surface area (Å²) in [6.07, 6.45) is 2.54. The van der Waals surface area contributed by atoms with Gasteiger partial charge in [-0.2, -0.15) is 5.10 Å². The summed E-state index contributed by atoms with van der Waals surface area (Å²) in [5.41, 5.74) is 6.60. The van der Waals surface area contributed by atoms with Crippen molar-refractivity contribution in [1.82, 2.24) is 10.2 Å². The Morgan fingerprint density at radius 1 is 1.43 bits per heavy atom. The fourth-order valence-corrected chi connectivity index (χ4v) is 1.44. The van der Waals surface area contributed by atoms with Gasteiger partial charge in [0.25, 0.3) is 0 Å². The van der Waals surface area contributed by atoms with Crippen LogP contribution in [0.4, 0.5) is 5.82 Å². The molecule has 1 fully saturated rings. The Balaban J connectivity index is 2.04. The van der Waals surface area contributed by atoms with Crippen molar-refractivity contribution in [2.45, 2.75) is 18.8 Å². The van der Waals surface area contributed by atoms with E-state index in [1.165, 1.54) is 12.8 Å². The third-order valence-corrected chi connectivity index (χ3v) is 2.52. The standard InChI is InChI=1S/C10H16N4/c1-14(7-6-11)10-5-4-9(12-13-10)8-2-3-8/h4-5,8H,2-3,6-7,11H2,1H3. The van der Waals surface area contributed by atoms with Gasteiger partial charge >= 0.3 is 0 Å². The van der Waals surface area contributed by atoms with Crippen molar-refractivity contribution in [2.24, 2.45) is 5.73 Å². The molecule has 0 amide bonds. The molecule has 4 heteroatoms. The van der Waals surface area contributed by atoms with Gasteiger partial charge in [-0.05, 0) is 25.0 Å². The molecule has 0 aromatic carbocycles. The molecule has 0 bridgehead atoms. The normalized spacial score (nSPS) is 15.6. The van der Waals surface area contributed by atoms with Gasteiger partial charge in [0, 0.05) is 26.1 Å². The second kappa shape index (κ2) is 3.92. The lowest BCUT2D eigenvalue weighted by molar-refractivity contribution is 0.828. The van der Waals surface area contributed by atoms with Crippen molar-refractivity contribution in [3.8, 4) is 0 Å². The predicted molar refractivity (Wildman–Crippen MR) is 56.3 cm³/mol. The van der Waals surface area contributed by atoms with Crippen molar-refractivity contribution >= 4 is 5.82 Å². The Kier molecular flexibility index (Phi) is 2.63. The fraction of sp³-hybridized carbons (Fsp3) is 0.600. The molecule has 0 spiro atoms. The average Bonchev–Trinajstić information content (AvgIpc) is 3.02. The molecule has 14 heavy (non-hydrogen) atoms. The maximum atomic E-state index is 5.47. The zero-order chi connectivity index (χ0) is 9.97. The van der Waals surface area contributed by atoms with Gasteiger partial charge in [-0.3, -0.25) is 0 Å². The first-order valence-corrected chi connectivity index (χ1v) is 5.06. The topological polar surface area (TPSA) is 55.0 Å². The Morgan fingerprint density at radius 3 is 2.71 bits per heavy atom. The van der Waals surface area contributed by atoms with Crippen LogP contribution >= 0.6 is 0 Å². The number of hydrogen-bond acceptors (Lipinski definition) is 4. The van der Waals surface area contributed by atoms with Crippen LogP contribution < -0.4 is 10.6 Å².